The first-order chi connectivity index (χ1) is 5.79. The van der Waals surface area contributed by atoms with Crippen molar-refractivity contribution in [3.8, 4) is 0 Å². The smallest absolute Gasteiger partial charge is 0.200 e. The first kappa shape index (κ1) is 10.8. The van der Waals surface area contributed by atoms with Crippen LogP contribution >= 0.6 is 28.3 Å². The summed E-state index contributed by atoms with van der Waals surface area (Å²) in [6, 6.07) is 0. The standard InChI is InChI=1S/C8H9BrN2O.ClH/c9-6-4-11-7-1-2-10-3-5(7)8(6)12;/h4,10H,1-3H2,(H,11,12);1H. The Hall–Kier alpha value is -0.320. The van der Waals surface area contributed by atoms with Gasteiger partial charge < -0.3 is 10.3 Å². The number of hydrogen-bond donors (Lipinski definition) is 2. The molecule has 1 aliphatic heterocycles. The van der Waals surface area contributed by atoms with Crippen LogP contribution in [-0.2, 0) is 13.0 Å². The zero-order valence-corrected chi connectivity index (χ0v) is 9.30. The fourth-order valence-corrected chi connectivity index (χ4v) is 1.77. The van der Waals surface area contributed by atoms with Gasteiger partial charge in [-0.15, -0.1) is 12.4 Å². The number of rotatable bonds is 0. The molecule has 0 aliphatic carbocycles. The molecule has 2 rings (SSSR count). The van der Waals surface area contributed by atoms with E-state index in [9.17, 15) is 4.79 Å². The maximum Gasteiger partial charge on any atom is 0.200 e. The third kappa shape index (κ3) is 1.95. The van der Waals surface area contributed by atoms with Gasteiger partial charge in [0, 0.05) is 37.0 Å². The lowest BCUT2D eigenvalue weighted by Crippen LogP contribution is -2.30. The lowest BCUT2D eigenvalue weighted by atomic mass is 10.1. The predicted molar refractivity (Wildman–Crippen MR) is 57.4 cm³/mol. The van der Waals surface area contributed by atoms with Crippen molar-refractivity contribution in [3.63, 3.8) is 0 Å². The van der Waals surface area contributed by atoms with Crippen molar-refractivity contribution in [2.75, 3.05) is 6.54 Å². The molecule has 0 radical (unpaired) electrons. The van der Waals surface area contributed by atoms with Gasteiger partial charge in [0.1, 0.15) is 0 Å². The number of aromatic amines is 1. The summed E-state index contributed by atoms with van der Waals surface area (Å²) in [6.45, 7) is 1.63. The minimum absolute atomic E-state index is 0. The van der Waals surface area contributed by atoms with Crippen LogP contribution in [0.1, 0.15) is 11.3 Å². The van der Waals surface area contributed by atoms with Crippen LogP contribution in [0.25, 0.3) is 0 Å². The van der Waals surface area contributed by atoms with E-state index < -0.39 is 0 Å². The Bertz CT molecular complexity index is 364. The van der Waals surface area contributed by atoms with Gasteiger partial charge in [-0.25, -0.2) is 0 Å². The predicted octanol–water partition coefficient (Wildman–Crippen LogP) is 1.20. The van der Waals surface area contributed by atoms with Crippen molar-refractivity contribution in [2.24, 2.45) is 0 Å². The summed E-state index contributed by atoms with van der Waals surface area (Å²) in [6.07, 6.45) is 2.63. The van der Waals surface area contributed by atoms with E-state index in [-0.39, 0.29) is 17.8 Å². The molecule has 3 nitrogen and oxygen atoms in total. The van der Waals surface area contributed by atoms with Gasteiger partial charge in [0.15, 0.2) is 5.43 Å². The molecule has 0 unspecified atom stereocenters. The first-order valence-corrected chi connectivity index (χ1v) is 4.68. The third-order valence-electron chi connectivity index (χ3n) is 2.08. The molecule has 0 saturated heterocycles. The number of nitrogens with one attached hydrogen (secondary N) is 2. The van der Waals surface area contributed by atoms with Gasteiger partial charge in [0.2, 0.25) is 0 Å². The molecule has 0 fully saturated rings. The van der Waals surface area contributed by atoms with Gasteiger partial charge in [0.05, 0.1) is 4.47 Å². The molecule has 13 heavy (non-hydrogen) atoms. The molecule has 0 spiro atoms. The van der Waals surface area contributed by atoms with E-state index in [1.165, 1.54) is 0 Å². The summed E-state index contributed by atoms with van der Waals surface area (Å²) in [5, 5.41) is 3.17. The number of hydrogen-bond acceptors (Lipinski definition) is 2. The molecule has 0 amide bonds. The van der Waals surface area contributed by atoms with Crippen molar-refractivity contribution < 1.29 is 0 Å². The van der Waals surface area contributed by atoms with Gasteiger partial charge in [0.25, 0.3) is 0 Å². The van der Waals surface area contributed by atoms with Crippen LogP contribution in [0.4, 0.5) is 0 Å². The topological polar surface area (TPSA) is 44.9 Å². The fraction of sp³-hybridized carbons (Fsp3) is 0.375. The average molecular weight is 266 g/mol. The molecule has 5 heteroatoms. The molecule has 0 saturated carbocycles. The summed E-state index contributed by atoms with van der Waals surface area (Å²) in [7, 11) is 0. The Labute approximate surface area is 90.5 Å². The summed E-state index contributed by atoms with van der Waals surface area (Å²) in [4.78, 5) is 14.6. The second-order valence-corrected chi connectivity index (χ2v) is 3.70. The van der Waals surface area contributed by atoms with Crippen molar-refractivity contribution in [2.45, 2.75) is 13.0 Å². The number of pyridine rings is 1. The van der Waals surface area contributed by atoms with Crippen LogP contribution in [0.15, 0.2) is 15.5 Å². The Balaban J connectivity index is 0.000000845. The van der Waals surface area contributed by atoms with E-state index in [4.69, 9.17) is 0 Å². The van der Waals surface area contributed by atoms with Crippen LogP contribution in [0.3, 0.4) is 0 Å². The molecule has 2 N–H and O–H groups in total. The normalized spacial score (nSPS) is 14.5. The third-order valence-corrected chi connectivity index (χ3v) is 2.67. The maximum absolute atomic E-state index is 11.5. The maximum atomic E-state index is 11.5. The molecular formula is C8H10BrClN2O. The van der Waals surface area contributed by atoms with Gasteiger partial charge >= 0.3 is 0 Å². The monoisotopic (exact) mass is 264 g/mol. The number of halogens is 2. The van der Waals surface area contributed by atoms with E-state index in [1.807, 2.05) is 0 Å². The van der Waals surface area contributed by atoms with E-state index >= 15 is 0 Å². The molecule has 0 atom stereocenters. The fourth-order valence-electron chi connectivity index (χ4n) is 1.42. The molecule has 1 aromatic rings. The largest absolute Gasteiger partial charge is 0.363 e. The second kappa shape index (κ2) is 4.26. The van der Waals surface area contributed by atoms with Crippen LogP contribution < -0.4 is 10.7 Å². The minimum atomic E-state index is 0. The van der Waals surface area contributed by atoms with E-state index in [0.717, 1.165) is 24.2 Å². The highest BCUT2D eigenvalue weighted by Crippen LogP contribution is 2.10. The molecule has 72 valence electrons. The highest BCUT2D eigenvalue weighted by molar-refractivity contribution is 9.10. The number of fused-ring (bicyclic) bond motifs is 1. The Morgan fingerprint density at radius 1 is 1.46 bits per heavy atom. The summed E-state index contributed by atoms with van der Waals surface area (Å²) in [5.74, 6) is 0. The minimum Gasteiger partial charge on any atom is -0.363 e. The van der Waals surface area contributed by atoms with Gasteiger partial charge in [-0.05, 0) is 15.9 Å². The van der Waals surface area contributed by atoms with Crippen molar-refractivity contribution in [1.82, 2.24) is 10.3 Å². The molecular weight excluding hydrogens is 255 g/mol. The molecule has 2 heterocycles. The Morgan fingerprint density at radius 3 is 3.00 bits per heavy atom. The molecule has 1 aromatic heterocycles. The summed E-state index contributed by atoms with van der Waals surface area (Å²) < 4.78 is 0.616. The van der Waals surface area contributed by atoms with Crippen LogP contribution in [-0.4, -0.2) is 11.5 Å². The average Bonchev–Trinajstić information content (AvgIpc) is 2.12. The van der Waals surface area contributed by atoms with Crippen LogP contribution in [0.5, 0.6) is 0 Å². The Kier molecular flexibility index (Phi) is 3.53. The van der Waals surface area contributed by atoms with E-state index in [2.05, 4.69) is 26.2 Å². The van der Waals surface area contributed by atoms with Gasteiger partial charge in [-0.2, -0.15) is 0 Å². The zero-order chi connectivity index (χ0) is 8.55. The summed E-state index contributed by atoms with van der Waals surface area (Å²) >= 11 is 3.20. The van der Waals surface area contributed by atoms with Gasteiger partial charge in [-0.1, -0.05) is 0 Å². The Morgan fingerprint density at radius 2 is 2.23 bits per heavy atom. The lowest BCUT2D eigenvalue weighted by molar-refractivity contribution is 0.625. The van der Waals surface area contributed by atoms with Gasteiger partial charge in [-0.3, -0.25) is 4.79 Å². The van der Waals surface area contributed by atoms with Crippen LogP contribution in [0, 0.1) is 0 Å². The second-order valence-electron chi connectivity index (χ2n) is 2.85. The van der Waals surface area contributed by atoms with Crippen LogP contribution in [0.2, 0.25) is 0 Å². The number of aromatic nitrogens is 1. The zero-order valence-electron chi connectivity index (χ0n) is 6.89. The highest BCUT2D eigenvalue weighted by atomic mass is 79.9. The van der Waals surface area contributed by atoms with Crippen molar-refractivity contribution in [1.29, 1.82) is 0 Å². The lowest BCUT2D eigenvalue weighted by Gasteiger charge is -2.15. The molecule has 0 aromatic carbocycles. The van der Waals surface area contributed by atoms with Crippen molar-refractivity contribution >= 4 is 28.3 Å². The highest BCUT2D eigenvalue weighted by Gasteiger charge is 2.13. The SMILES string of the molecule is Cl.O=c1c(Br)c[nH]c2c1CNCC2. The molecule has 0 bridgehead atoms. The molecule has 1 aliphatic rings. The number of H-pyrrole nitrogens is 1. The van der Waals surface area contributed by atoms with E-state index in [0.29, 0.717) is 11.0 Å². The summed E-state index contributed by atoms with van der Waals surface area (Å²) in [5.41, 5.74) is 2.05. The first-order valence-electron chi connectivity index (χ1n) is 3.88. The quantitative estimate of drug-likeness (QED) is 0.740. The van der Waals surface area contributed by atoms with E-state index in [1.54, 1.807) is 6.20 Å². The van der Waals surface area contributed by atoms with Crippen molar-refractivity contribution in [3.05, 3.63) is 32.2 Å².